The highest BCUT2D eigenvalue weighted by atomic mass is 32.1. The fraction of sp³-hybridized carbons (Fsp3) is 0. The van der Waals surface area contributed by atoms with Gasteiger partial charge in [-0.2, -0.15) is 5.26 Å². The molecule has 186 valence electrons. The van der Waals surface area contributed by atoms with Crippen LogP contribution in [0.4, 0.5) is 0 Å². The zero-order valence-electron chi connectivity index (χ0n) is 21.4. The summed E-state index contributed by atoms with van der Waals surface area (Å²) >= 11 is 3.68. The number of nitriles is 1. The Morgan fingerprint density at radius 3 is 1.73 bits per heavy atom. The highest BCUT2D eigenvalue weighted by molar-refractivity contribution is 7.26. The van der Waals surface area contributed by atoms with Gasteiger partial charge in [-0.3, -0.25) is 0 Å². The van der Waals surface area contributed by atoms with Crippen LogP contribution in [0.25, 0.3) is 73.7 Å². The number of thiophene rings is 2. The van der Waals surface area contributed by atoms with E-state index >= 15 is 0 Å². The van der Waals surface area contributed by atoms with Gasteiger partial charge in [0.25, 0.3) is 0 Å². The van der Waals surface area contributed by atoms with Gasteiger partial charge < -0.3 is 0 Å². The molecule has 6 aromatic carbocycles. The van der Waals surface area contributed by atoms with E-state index in [2.05, 4.69) is 109 Å². The van der Waals surface area contributed by atoms with Gasteiger partial charge in [0.05, 0.1) is 11.6 Å². The minimum absolute atomic E-state index is 0.685. The van der Waals surface area contributed by atoms with E-state index in [-0.39, 0.29) is 0 Å². The van der Waals surface area contributed by atoms with E-state index < -0.39 is 0 Å². The molecule has 2 aromatic heterocycles. The summed E-state index contributed by atoms with van der Waals surface area (Å²) in [6.07, 6.45) is 0. The molecule has 2 heterocycles. The lowest BCUT2D eigenvalue weighted by Crippen LogP contribution is -1.88. The average Bonchev–Trinajstić information content (AvgIpc) is 3.58. The van der Waals surface area contributed by atoms with Gasteiger partial charge in [0, 0.05) is 40.3 Å². The Hall–Kier alpha value is -4.75. The van der Waals surface area contributed by atoms with Crippen LogP contribution < -0.4 is 0 Å². The third-order valence-electron chi connectivity index (χ3n) is 7.71. The topological polar surface area (TPSA) is 23.8 Å². The first-order valence-electron chi connectivity index (χ1n) is 13.2. The van der Waals surface area contributed by atoms with E-state index in [1.54, 1.807) is 0 Å². The zero-order valence-corrected chi connectivity index (χ0v) is 23.0. The van der Waals surface area contributed by atoms with Gasteiger partial charge in [-0.05, 0) is 88.0 Å². The van der Waals surface area contributed by atoms with E-state index in [1.165, 1.54) is 51.5 Å². The number of hydrogen-bond acceptors (Lipinski definition) is 3. The maximum atomic E-state index is 9.89. The standard InChI is InChI=1S/C37H21NS2/c38-22-25-7-1-2-8-29(25)28-18-26(23-14-16-36-33(20-23)31-10-4-6-12-35(31)39-36)17-27(19-28)24-13-15-32-30-9-3-5-11-34(30)40-37(32)21-24/h1-21H. The van der Waals surface area contributed by atoms with Crippen molar-refractivity contribution >= 4 is 63.0 Å². The molecule has 0 unspecified atom stereocenters. The van der Waals surface area contributed by atoms with E-state index in [1.807, 2.05) is 46.9 Å². The molecule has 0 spiro atoms. The molecule has 0 aliphatic heterocycles. The molecule has 0 amide bonds. The van der Waals surface area contributed by atoms with Crippen molar-refractivity contribution < 1.29 is 0 Å². The van der Waals surface area contributed by atoms with Crippen molar-refractivity contribution in [3.8, 4) is 39.4 Å². The van der Waals surface area contributed by atoms with E-state index in [9.17, 15) is 5.26 Å². The van der Waals surface area contributed by atoms with Crippen LogP contribution in [0.3, 0.4) is 0 Å². The first-order chi connectivity index (χ1) is 19.7. The Morgan fingerprint density at radius 2 is 0.950 bits per heavy atom. The van der Waals surface area contributed by atoms with Gasteiger partial charge >= 0.3 is 0 Å². The molecular formula is C37H21NS2. The summed E-state index contributed by atoms with van der Waals surface area (Å²) in [6, 6.07) is 47.9. The van der Waals surface area contributed by atoms with Crippen molar-refractivity contribution in [2.24, 2.45) is 0 Å². The molecule has 0 fully saturated rings. The maximum Gasteiger partial charge on any atom is 0.0998 e. The fourth-order valence-electron chi connectivity index (χ4n) is 5.76. The first-order valence-corrected chi connectivity index (χ1v) is 14.9. The van der Waals surface area contributed by atoms with Crippen molar-refractivity contribution in [3.05, 3.63) is 133 Å². The third-order valence-corrected chi connectivity index (χ3v) is 10.00. The lowest BCUT2D eigenvalue weighted by Gasteiger charge is -2.13. The van der Waals surface area contributed by atoms with Gasteiger partial charge in [-0.15, -0.1) is 22.7 Å². The zero-order chi connectivity index (χ0) is 26.6. The molecule has 8 rings (SSSR count). The van der Waals surface area contributed by atoms with Crippen molar-refractivity contribution in [2.75, 3.05) is 0 Å². The summed E-state index contributed by atoms with van der Waals surface area (Å²) in [5.74, 6) is 0. The Labute approximate surface area is 239 Å². The van der Waals surface area contributed by atoms with E-state index in [0.717, 1.165) is 22.3 Å². The molecule has 0 radical (unpaired) electrons. The number of hydrogen-bond donors (Lipinski definition) is 0. The lowest BCUT2D eigenvalue weighted by atomic mass is 9.91. The van der Waals surface area contributed by atoms with Gasteiger partial charge in [0.15, 0.2) is 0 Å². The van der Waals surface area contributed by atoms with E-state index in [0.29, 0.717) is 5.56 Å². The molecule has 0 aliphatic carbocycles. The van der Waals surface area contributed by atoms with Crippen LogP contribution in [0.15, 0.2) is 127 Å². The molecule has 40 heavy (non-hydrogen) atoms. The minimum atomic E-state index is 0.685. The molecule has 0 bridgehead atoms. The van der Waals surface area contributed by atoms with Gasteiger partial charge in [0.2, 0.25) is 0 Å². The monoisotopic (exact) mass is 543 g/mol. The summed E-state index contributed by atoms with van der Waals surface area (Å²) in [5, 5.41) is 15.1. The summed E-state index contributed by atoms with van der Waals surface area (Å²) in [5.41, 5.74) is 7.35. The molecule has 0 saturated carbocycles. The second-order valence-corrected chi connectivity index (χ2v) is 12.2. The molecule has 3 heteroatoms. The van der Waals surface area contributed by atoms with Crippen LogP contribution in [0, 0.1) is 11.3 Å². The largest absolute Gasteiger partial charge is 0.192 e. The Morgan fingerprint density at radius 1 is 0.400 bits per heavy atom. The van der Waals surface area contributed by atoms with Crippen molar-refractivity contribution in [1.82, 2.24) is 0 Å². The molecule has 8 aromatic rings. The smallest absolute Gasteiger partial charge is 0.0998 e. The third kappa shape index (κ3) is 3.73. The summed E-state index contributed by atoms with van der Waals surface area (Å²) in [4.78, 5) is 0. The predicted octanol–water partition coefficient (Wildman–Crippen LogP) is 11.3. The normalized spacial score (nSPS) is 11.5. The fourth-order valence-corrected chi connectivity index (χ4v) is 7.99. The Kier molecular flexibility index (Phi) is 5.31. The SMILES string of the molecule is N#Cc1ccccc1-c1cc(-c2ccc3c(c2)sc2ccccc23)cc(-c2ccc3sc4ccccc4c3c2)c1. The van der Waals surface area contributed by atoms with Crippen LogP contribution in [0.5, 0.6) is 0 Å². The van der Waals surface area contributed by atoms with Gasteiger partial charge in [-0.25, -0.2) is 0 Å². The second kappa shape index (κ2) is 9.17. The highest BCUT2D eigenvalue weighted by Crippen LogP contribution is 2.41. The van der Waals surface area contributed by atoms with Crippen LogP contribution >= 0.6 is 22.7 Å². The van der Waals surface area contributed by atoms with Crippen molar-refractivity contribution in [2.45, 2.75) is 0 Å². The van der Waals surface area contributed by atoms with Gasteiger partial charge in [0.1, 0.15) is 0 Å². The minimum Gasteiger partial charge on any atom is -0.192 e. The maximum absolute atomic E-state index is 9.89. The van der Waals surface area contributed by atoms with Crippen molar-refractivity contribution in [1.29, 1.82) is 5.26 Å². The average molecular weight is 544 g/mol. The number of fused-ring (bicyclic) bond motifs is 6. The summed E-state index contributed by atoms with van der Waals surface area (Å²) in [7, 11) is 0. The summed E-state index contributed by atoms with van der Waals surface area (Å²) in [6.45, 7) is 0. The molecule has 0 atom stereocenters. The number of nitrogens with zero attached hydrogens (tertiary/aromatic N) is 1. The molecule has 1 nitrogen and oxygen atoms in total. The summed E-state index contributed by atoms with van der Waals surface area (Å²) < 4.78 is 5.20. The molecule has 0 aliphatic rings. The highest BCUT2D eigenvalue weighted by Gasteiger charge is 2.13. The van der Waals surface area contributed by atoms with Crippen LogP contribution in [-0.2, 0) is 0 Å². The Balaban J connectivity index is 1.36. The molecule has 0 N–H and O–H groups in total. The Bertz CT molecular complexity index is 2290. The van der Waals surface area contributed by atoms with Crippen LogP contribution in [-0.4, -0.2) is 0 Å². The van der Waals surface area contributed by atoms with Crippen LogP contribution in [0.1, 0.15) is 5.56 Å². The van der Waals surface area contributed by atoms with Gasteiger partial charge in [-0.1, -0.05) is 72.8 Å². The number of rotatable bonds is 3. The second-order valence-electron chi connectivity index (χ2n) is 10.1. The first kappa shape index (κ1) is 23.2. The van der Waals surface area contributed by atoms with Crippen molar-refractivity contribution in [3.63, 3.8) is 0 Å². The van der Waals surface area contributed by atoms with Crippen LogP contribution in [0.2, 0.25) is 0 Å². The number of benzene rings is 6. The predicted molar refractivity (Wildman–Crippen MR) is 173 cm³/mol. The molecular weight excluding hydrogens is 523 g/mol. The van der Waals surface area contributed by atoms with E-state index in [4.69, 9.17) is 0 Å². The molecule has 0 saturated heterocycles. The lowest BCUT2D eigenvalue weighted by molar-refractivity contribution is 1.48. The quantitative estimate of drug-likeness (QED) is 0.217.